The van der Waals surface area contributed by atoms with E-state index in [4.69, 9.17) is 10.00 Å². The number of amides is 1. The van der Waals surface area contributed by atoms with E-state index in [0.29, 0.717) is 12.0 Å². The molecule has 18 heavy (non-hydrogen) atoms. The molecule has 1 unspecified atom stereocenters. The number of carbonyl (C=O) groups excluding carboxylic acids is 2. The molecule has 0 spiro atoms. The van der Waals surface area contributed by atoms with Crippen LogP contribution in [0.4, 0.5) is 4.79 Å². The van der Waals surface area contributed by atoms with E-state index in [1.54, 1.807) is 18.2 Å². The van der Waals surface area contributed by atoms with Gasteiger partial charge in [0.2, 0.25) is 0 Å². The SMILES string of the molecule is COC(=O)[C@H]1NC(=O)O[C@@H]1C1C=CC(C#N)=CC1. The minimum absolute atomic E-state index is 0.134. The van der Waals surface area contributed by atoms with Crippen molar-refractivity contribution in [2.75, 3.05) is 7.11 Å². The Morgan fingerprint density at radius 1 is 1.67 bits per heavy atom. The third-order valence-electron chi connectivity index (χ3n) is 2.98. The lowest BCUT2D eigenvalue weighted by Gasteiger charge is -2.23. The highest BCUT2D eigenvalue weighted by Crippen LogP contribution is 2.26. The van der Waals surface area contributed by atoms with Gasteiger partial charge in [-0.25, -0.2) is 9.59 Å². The Balaban J connectivity index is 2.11. The lowest BCUT2D eigenvalue weighted by atomic mass is 9.89. The van der Waals surface area contributed by atoms with E-state index in [1.165, 1.54) is 7.11 Å². The Kier molecular flexibility index (Phi) is 3.33. The highest BCUT2D eigenvalue weighted by molar-refractivity contribution is 5.85. The summed E-state index contributed by atoms with van der Waals surface area (Å²) in [4.78, 5) is 22.7. The number of esters is 1. The predicted molar refractivity (Wildman–Crippen MR) is 60.2 cm³/mol. The number of nitrogens with one attached hydrogen (secondary N) is 1. The fraction of sp³-hybridized carbons (Fsp3) is 0.417. The number of nitriles is 1. The molecule has 0 aromatic carbocycles. The fourth-order valence-electron chi connectivity index (χ4n) is 2.05. The number of ether oxygens (including phenoxy) is 2. The summed E-state index contributed by atoms with van der Waals surface area (Å²) in [5, 5.41) is 11.1. The van der Waals surface area contributed by atoms with Crippen LogP contribution in [0.1, 0.15) is 6.42 Å². The van der Waals surface area contributed by atoms with Crippen LogP contribution in [0, 0.1) is 17.2 Å². The van der Waals surface area contributed by atoms with Crippen molar-refractivity contribution in [2.24, 2.45) is 5.92 Å². The van der Waals surface area contributed by atoms with Gasteiger partial charge >= 0.3 is 12.1 Å². The number of rotatable bonds is 2. The molecule has 6 nitrogen and oxygen atoms in total. The molecule has 1 N–H and O–H groups in total. The molecule has 1 fully saturated rings. The minimum Gasteiger partial charge on any atom is -0.467 e. The number of hydrogen-bond acceptors (Lipinski definition) is 5. The molecule has 1 aliphatic heterocycles. The fourth-order valence-corrected chi connectivity index (χ4v) is 2.05. The van der Waals surface area contributed by atoms with Crippen molar-refractivity contribution in [1.29, 1.82) is 5.26 Å². The third kappa shape index (κ3) is 2.20. The molecule has 3 atom stereocenters. The van der Waals surface area contributed by atoms with Crippen LogP contribution in [0.15, 0.2) is 23.8 Å². The van der Waals surface area contributed by atoms with Gasteiger partial charge in [-0.1, -0.05) is 12.2 Å². The molecular weight excluding hydrogens is 236 g/mol. The summed E-state index contributed by atoms with van der Waals surface area (Å²) >= 11 is 0. The first-order chi connectivity index (χ1) is 8.65. The summed E-state index contributed by atoms with van der Waals surface area (Å²) in [5.41, 5.74) is 0.568. The quantitative estimate of drug-likeness (QED) is 0.725. The first-order valence-electron chi connectivity index (χ1n) is 5.49. The van der Waals surface area contributed by atoms with Gasteiger partial charge in [0.25, 0.3) is 0 Å². The molecule has 0 radical (unpaired) electrons. The van der Waals surface area contributed by atoms with Crippen molar-refractivity contribution in [3.8, 4) is 6.07 Å². The second-order valence-electron chi connectivity index (χ2n) is 4.05. The Morgan fingerprint density at radius 3 is 3.00 bits per heavy atom. The van der Waals surface area contributed by atoms with Crippen LogP contribution in [0.5, 0.6) is 0 Å². The summed E-state index contributed by atoms with van der Waals surface area (Å²) in [6, 6.07) is 1.23. The first-order valence-corrected chi connectivity index (χ1v) is 5.49. The van der Waals surface area contributed by atoms with Crippen LogP contribution < -0.4 is 5.32 Å². The zero-order valence-electron chi connectivity index (χ0n) is 9.75. The number of carbonyl (C=O) groups is 2. The number of alkyl carbamates (subject to hydrolysis) is 1. The number of cyclic esters (lactones) is 1. The second-order valence-corrected chi connectivity index (χ2v) is 4.05. The average molecular weight is 248 g/mol. The predicted octanol–water partition coefficient (Wildman–Crippen LogP) is 0.662. The maximum atomic E-state index is 11.5. The first kappa shape index (κ1) is 12.2. The van der Waals surface area contributed by atoms with Crippen molar-refractivity contribution in [2.45, 2.75) is 18.6 Å². The van der Waals surface area contributed by atoms with Gasteiger partial charge in [0.05, 0.1) is 13.2 Å². The van der Waals surface area contributed by atoms with E-state index in [2.05, 4.69) is 10.1 Å². The summed E-state index contributed by atoms with van der Waals surface area (Å²) in [6.45, 7) is 0. The number of methoxy groups -OCH3 is 1. The number of hydrogen-bond donors (Lipinski definition) is 1. The molecule has 1 amide bonds. The van der Waals surface area contributed by atoms with E-state index in [0.717, 1.165) is 0 Å². The Bertz CT molecular complexity index is 475. The Hall–Kier alpha value is -2.29. The molecule has 1 heterocycles. The third-order valence-corrected chi connectivity index (χ3v) is 2.98. The topological polar surface area (TPSA) is 88.4 Å². The van der Waals surface area contributed by atoms with E-state index in [-0.39, 0.29) is 5.92 Å². The van der Waals surface area contributed by atoms with E-state index < -0.39 is 24.2 Å². The van der Waals surface area contributed by atoms with Gasteiger partial charge in [0.1, 0.15) is 6.10 Å². The summed E-state index contributed by atoms with van der Waals surface area (Å²) in [7, 11) is 1.26. The Morgan fingerprint density at radius 2 is 2.44 bits per heavy atom. The van der Waals surface area contributed by atoms with Crippen LogP contribution in [-0.4, -0.2) is 31.3 Å². The van der Waals surface area contributed by atoms with E-state index in [9.17, 15) is 9.59 Å². The van der Waals surface area contributed by atoms with Crippen LogP contribution in [-0.2, 0) is 14.3 Å². The van der Waals surface area contributed by atoms with Crippen molar-refractivity contribution < 1.29 is 19.1 Å². The number of allylic oxidation sites excluding steroid dienone is 3. The summed E-state index contributed by atoms with van der Waals surface area (Å²) < 4.78 is 9.71. The summed E-state index contributed by atoms with van der Waals surface area (Å²) in [5.74, 6) is -0.667. The molecule has 6 heteroatoms. The average Bonchev–Trinajstić information content (AvgIpc) is 2.80. The van der Waals surface area contributed by atoms with Crippen molar-refractivity contribution in [3.63, 3.8) is 0 Å². The molecule has 1 saturated heterocycles. The molecule has 2 aliphatic rings. The normalized spacial score (nSPS) is 29.9. The van der Waals surface area contributed by atoms with E-state index >= 15 is 0 Å². The minimum atomic E-state index is -0.797. The van der Waals surface area contributed by atoms with E-state index in [1.807, 2.05) is 6.07 Å². The second kappa shape index (κ2) is 4.92. The van der Waals surface area contributed by atoms with Crippen molar-refractivity contribution >= 4 is 12.1 Å². The molecule has 0 bridgehead atoms. The lowest BCUT2D eigenvalue weighted by molar-refractivity contribution is -0.144. The van der Waals surface area contributed by atoms with Gasteiger partial charge in [-0.2, -0.15) is 5.26 Å². The van der Waals surface area contributed by atoms with Gasteiger partial charge < -0.3 is 14.8 Å². The molecule has 1 aliphatic carbocycles. The molecular formula is C12H12N2O4. The monoisotopic (exact) mass is 248 g/mol. The van der Waals surface area contributed by atoms with Crippen LogP contribution >= 0.6 is 0 Å². The van der Waals surface area contributed by atoms with Crippen molar-refractivity contribution in [3.05, 3.63) is 23.8 Å². The standard InChI is InChI=1S/C12H12N2O4/c1-17-11(15)9-10(18-12(16)14-9)8-4-2-7(6-13)3-5-8/h2-4,8-10H,5H2,1H3,(H,14,16)/t8?,9-,10+/m0/s1. The highest BCUT2D eigenvalue weighted by Gasteiger charge is 2.43. The van der Waals surface area contributed by atoms with Crippen LogP contribution in [0.2, 0.25) is 0 Å². The molecule has 0 saturated carbocycles. The zero-order chi connectivity index (χ0) is 13.1. The summed E-state index contributed by atoms with van der Waals surface area (Å²) in [6.07, 6.45) is 4.52. The zero-order valence-corrected chi connectivity index (χ0v) is 9.75. The lowest BCUT2D eigenvalue weighted by Crippen LogP contribution is -2.43. The van der Waals surface area contributed by atoms with Gasteiger partial charge in [0, 0.05) is 11.5 Å². The maximum Gasteiger partial charge on any atom is 0.408 e. The molecule has 0 aromatic rings. The highest BCUT2D eigenvalue weighted by atomic mass is 16.6. The van der Waals surface area contributed by atoms with Gasteiger partial charge in [0.15, 0.2) is 6.04 Å². The van der Waals surface area contributed by atoms with Crippen molar-refractivity contribution in [1.82, 2.24) is 5.32 Å². The smallest absolute Gasteiger partial charge is 0.408 e. The molecule has 2 rings (SSSR count). The largest absolute Gasteiger partial charge is 0.467 e. The molecule has 0 aromatic heterocycles. The van der Waals surface area contributed by atoms with Gasteiger partial charge in [-0.3, -0.25) is 0 Å². The van der Waals surface area contributed by atoms with Crippen LogP contribution in [0.3, 0.4) is 0 Å². The molecule has 94 valence electrons. The van der Waals surface area contributed by atoms with Crippen LogP contribution in [0.25, 0.3) is 0 Å². The van der Waals surface area contributed by atoms with Gasteiger partial charge in [-0.05, 0) is 12.5 Å². The number of nitrogens with zero attached hydrogens (tertiary/aromatic N) is 1. The Labute approximate surface area is 104 Å². The maximum absolute atomic E-state index is 11.5. The van der Waals surface area contributed by atoms with Gasteiger partial charge in [-0.15, -0.1) is 0 Å².